The summed E-state index contributed by atoms with van der Waals surface area (Å²) in [5.41, 5.74) is 2.12. The zero-order chi connectivity index (χ0) is 14.9. The maximum absolute atomic E-state index is 11.7. The fourth-order valence-corrected chi connectivity index (χ4v) is 1.83. The quantitative estimate of drug-likeness (QED) is 0.899. The number of nitrogens with one attached hydrogen (secondary N) is 1. The van der Waals surface area contributed by atoms with E-state index in [0.29, 0.717) is 6.54 Å². The van der Waals surface area contributed by atoms with E-state index >= 15 is 0 Å². The lowest BCUT2D eigenvalue weighted by Gasteiger charge is -2.10. The van der Waals surface area contributed by atoms with Crippen LogP contribution >= 0.6 is 0 Å². The van der Waals surface area contributed by atoms with Crippen molar-refractivity contribution in [1.29, 1.82) is 0 Å². The Kier molecular flexibility index (Phi) is 5.59. The van der Waals surface area contributed by atoms with Crippen LogP contribution in [0, 0.1) is 0 Å². The molecule has 0 saturated heterocycles. The number of rotatable bonds is 5. The first-order valence-electron chi connectivity index (χ1n) is 6.96. The predicted octanol–water partition coefficient (Wildman–Crippen LogP) is 4.01. The molecule has 0 saturated carbocycles. The second kappa shape index (κ2) is 7.90. The molecular weight excluding hydrogens is 262 g/mol. The van der Waals surface area contributed by atoms with Gasteiger partial charge in [-0.1, -0.05) is 66.7 Å². The van der Waals surface area contributed by atoms with Crippen molar-refractivity contribution in [2.24, 2.45) is 0 Å². The molecule has 1 amide bonds. The highest BCUT2D eigenvalue weighted by molar-refractivity contribution is 5.67. The predicted molar refractivity (Wildman–Crippen MR) is 84.7 cm³/mol. The lowest BCUT2D eigenvalue weighted by Crippen LogP contribution is -2.26. The Balaban J connectivity index is 1.76. The Morgan fingerprint density at radius 2 is 1.71 bits per heavy atom. The summed E-state index contributed by atoms with van der Waals surface area (Å²) in [6.07, 6.45) is 3.11. The number of carbonyl (C=O) groups is 1. The van der Waals surface area contributed by atoms with Crippen LogP contribution in [0.3, 0.4) is 0 Å². The van der Waals surface area contributed by atoms with Crippen molar-refractivity contribution in [2.75, 3.05) is 0 Å². The van der Waals surface area contributed by atoms with E-state index in [-0.39, 0.29) is 6.10 Å². The fraction of sp³-hybridized carbons (Fsp3) is 0.167. The fourth-order valence-electron chi connectivity index (χ4n) is 1.83. The Bertz CT molecular complexity index is 579. The largest absolute Gasteiger partial charge is 0.442 e. The van der Waals surface area contributed by atoms with Crippen LogP contribution in [-0.4, -0.2) is 12.2 Å². The number of amides is 1. The normalized spacial score (nSPS) is 12.0. The molecule has 0 heterocycles. The first kappa shape index (κ1) is 14.9. The van der Waals surface area contributed by atoms with Gasteiger partial charge >= 0.3 is 6.09 Å². The molecule has 21 heavy (non-hydrogen) atoms. The van der Waals surface area contributed by atoms with Gasteiger partial charge in [0.1, 0.15) is 6.10 Å². The number of hydrogen-bond donors (Lipinski definition) is 1. The minimum absolute atomic E-state index is 0.277. The molecule has 0 radical (unpaired) electrons. The van der Waals surface area contributed by atoms with Gasteiger partial charge in [-0.25, -0.2) is 4.79 Å². The van der Waals surface area contributed by atoms with Crippen molar-refractivity contribution in [3.63, 3.8) is 0 Å². The van der Waals surface area contributed by atoms with Crippen LogP contribution in [0.2, 0.25) is 0 Å². The van der Waals surface area contributed by atoms with Gasteiger partial charge in [-0.05, 0) is 24.1 Å². The number of carbonyl (C=O) groups excluding carboxylic acids is 1. The van der Waals surface area contributed by atoms with E-state index in [2.05, 4.69) is 5.32 Å². The molecule has 1 atom stereocenters. The van der Waals surface area contributed by atoms with Crippen molar-refractivity contribution in [3.8, 4) is 0 Å². The average Bonchev–Trinajstić information content (AvgIpc) is 2.53. The molecule has 2 rings (SSSR count). The smallest absolute Gasteiger partial charge is 0.407 e. The molecule has 1 unspecified atom stereocenters. The number of alkyl carbamates (subject to hydrolysis) is 1. The molecular formula is C18H19NO2. The maximum atomic E-state index is 11.7. The molecule has 3 heteroatoms. The van der Waals surface area contributed by atoms with Gasteiger partial charge in [-0.15, -0.1) is 0 Å². The highest BCUT2D eigenvalue weighted by Crippen LogP contribution is 2.04. The molecule has 2 aromatic rings. The molecule has 0 bridgehead atoms. The summed E-state index contributed by atoms with van der Waals surface area (Å²) in [5.74, 6) is 0. The number of ether oxygens (including phenoxy) is 1. The van der Waals surface area contributed by atoms with Gasteiger partial charge in [-0.3, -0.25) is 0 Å². The van der Waals surface area contributed by atoms with Gasteiger partial charge in [0.25, 0.3) is 0 Å². The van der Waals surface area contributed by atoms with E-state index in [1.807, 2.05) is 79.7 Å². The van der Waals surface area contributed by atoms with Gasteiger partial charge in [0, 0.05) is 6.54 Å². The summed E-state index contributed by atoms with van der Waals surface area (Å²) >= 11 is 0. The lowest BCUT2D eigenvalue weighted by atomic mass is 10.2. The van der Waals surface area contributed by atoms with Gasteiger partial charge in [-0.2, -0.15) is 0 Å². The summed E-state index contributed by atoms with van der Waals surface area (Å²) in [4.78, 5) is 11.7. The zero-order valence-corrected chi connectivity index (χ0v) is 12.0. The van der Waals surface area contributed by atoms with Gasteiger partial charge in [0.15, 0.2) is 0 Å². The molecule has 0 fully saturated rings. The van der Waals surface area contributed by atoms with E-state index in [0.717, 1.165) is 11.1 Å². The first-order chi connectivity index (χ1) is 10.2. The minimum Gasteiger partial charge on any atom is -0.442 e. The van der Waals surface area contributed by atoms with Crippen molar-refractivity contribution < 1.29 is 9.53 Å². The number of benzene rings is 2. The first-order valence-corrected chi connectivity index (χ1v) is 6.96. The minimum atomic E-state index is -0.413. The summed E-state index contributed by atoms with van der Waals surface area (Å²) in [7, 11) is 0. The highest BCUT2D eigenvalue weighted by Gasteiger charge is 2.05. The monoisotopic (exact) mass is 281 g/mol. The summed E-state index contributed by atoms with van der Waals surface area (Å²) < 4.78 is 5.26. The zero-order valence-electron chi connectivity index (χ0n) is 12.0. The third-order valence-corrected chi connectivity index (χ3v) is 2.93. The Hall–Kier alpha value is -2.55. The van der Waals surface area contributed by atoms with E-state index in [4.69, 9.17) is 4.74 Å². The van der Waals surface area contributed by atoms with Crippen LogP contribution in [-0.2, 0) is 11.3 Å². The van der Waals surface area contributed by atoms with E-state index in [1.54, 1.807) is 0 Å². The van der Waals surface area contributed by atoms with Crippen molar-refractivity contribution >= 4 is 12.2 Å². The lowest BCUT2D eigenvalue weighted by molar-refractivity contribution is 0.127. The highest BCUT2D eigenvalue weighted by atomic mass is 16.6. The van der Waals surface area contributed by atoms with E-state index < -0.39 is 6.09 Å². The average molecular weight is 281 g/mol. The summed E-state index contributed by atoms with van der Waals surface area (Å²) in [5, 5.41) is 2.73. The van der Waals surface area contributed by atoms with Crippen molar-refractivity contribution in [1.82, 2.24) is 5.32 Å². The molecule has 0 aromatic heterocycles. The molecule has 108 valence electrons. The van der Waals surface area contributed by atoms with Crippen LogP contribution in [0.1, 0.15) is 18.1 Å². The van der Waals surface area contributed by atoms with E-state index in [1.165, 1.54) is 0 Å². The molecule has 1 N–H and O–H groups in total. The van der Waals surface area contributed by atoms with Gasteiger partial charge in [0.05, 0.1) is 0 Å². The maximum Gasteiger partial charge on any atom is 0.407 e. The summed E-state index contributed by atoms with van der Waals surface area (Å²) in [6, 6.07) is 19.6. The Labute approximate surface area is 125 Å². The summed E-state index contributed by atoms with van der Waals surface area (Å²) in [6.45, 7) is 2.30. The Morgan fingerprint density at radius 1 is 1.10 bits per heavy atom. The topological polar surface area (TPSA) is 38.3 Å². The van der Waals surface area contributed by atoms with Crippen molar-refractivity contribution in [3.05, 3.63) is 77.9 Å². The third-order valence-electron chi connectivity index (χ3n) is 2.93. The van der Waals surface area contributed by atoms with Gasteiger partial charge < -0.3 is 10.1 Å². The van der Waals surface area contributed by atoms with E-state index in [9.17, 15) is 4.79 Å². The SMILES string of the molecule is CC(/C=C/c1ccccc1)OC(=O)NCc1ccccc1. The molecule has 0 aliphatic rings. The van der Waals surface area contributed by atoms with Crippen LogP contribution < -0.4 is 5.32 Å². The second-order valence-corrected chi connectivity index (χ2v) is 4.72. The number of hydrogen-bond acceptors (Lipinski definition) is 2. The third kappa shape index (κ3) is 5.53. The van der Waals surface area contributed by atoms with Crippen LogP contribution in [0.4, 0.5) is 4.79 Å². The molecule has 0 spiro atoms. The second-order valence-electron chi connectivity index (χ2n) is 4.72. The molecule has 0 aliphatic carbocycles. The molecule has 3 nitrogen and oxygen atoms in total. The molecule has 0 aliphatic heterocycles. The van der Waals surface area contributed by atoms with Crippen LogP contribution in [0.15, 0.2) is 66.7 Å². The van der Waals surface area contributed by atoms with Gasteiger partial charge in [0.2, 0.25) is 0 Å². The Morgan fingerprint density at radius 3 is 2.38 bits per heavy atom. The standard InChI is InChI=1S/C18H19NO2/c1-15(12-13-16-8-4-2-5-9-16)21-18(20)19-14-17-10-6-3-7-11-17/h2-13,15H,14H2,1H3,(H,19,20)/b13-12+. The van der Waals surface area contributed by atoms with Crippen molar-refractivity contribution in [2.45, 2.75) is 19.6 Å². The molecule has 2 aromatic carbocycles. The van der Waals surface area contributed by atoms with Crippen LogP contribution in [0.5, 0.6) is 0 Å². The van der Waals surface area contributed by atoms with Crippen LogP contribution in [0.25, 0.3) is 6.08 Å².